The lowest BCUT2D eigenvalue weighted by Crippen LogP contribution is -2.35. The van der Waals surface area contributed by atoms with Gasteiger partial charge in [-0.2, -0.15) is 0 Å². The number of halogens is 1. The standard InChI is InChI=1S/C21H22FNO4/c1-6-16-18(22)9-8-14-10-15(11-17(13(3)4)20(14)16)27-21(25)23(5)12-19(24)26-7-2/h1,8-11,13H,7,12H2,2-5H3. The van der Waals surface area contributed by atoms with Crippen LogP contribution in [0.5, 0.6) is 5.75 Å². The van der Waals surface area contributed by atoms with E-state index in [0.29, 0.717) is 16.5 Å². The summed E-state index contributed by atoms with van der Waals surface area (Å²) in [4.78, 5) is 24.9. The van der Waals surface area contributed by atoms with Gasteiger partial charge in [0.25, 0.3) is 0 Å². The van der Waals surface area contributed by atoms with Crippen molar-refractivity contribution in [3.8, 4) is 18.1 Å². The molecule has 6 heteroatoms. The van der Waals surface area contributed by atoms with Gasteiger partial charge in [-0.05, 0) is 42.0 Å². The first-order valence-corrected chi connectivity index (χ1v) is 8.59. The van der Waals surface area contributed by atoms with E-state index in [4.69, 9.17) is 15.9 Å². The van der Waals surface area contributed by atoms with Crippen LogP contribution in [0.4, 0.5) is 9.18 Å². The molecule has 0 aliphatic carbocycles. The van der Waals surface area contributed by atoms with E-state index < -0.39 is 17.9 Å². The minimum Gasteiger partial charge on any atom is -0.465 e. The molecule has 142 valence electrons. The number of likely N-dealkylation sites (N-methyl/N-ethyl adjacent to an activating group) is 1. The zero-order valence-corrected chi connectivity index (χ0v) is 15.8. The van der Waals surface area contributed by atoms with Gasteiger partial charge in [0.05, 0.1) is 12.2 Å². The SMILES string of the molecule is C#Cc1c(F)ccc2cc(OC(=O)N(C)CC(=O)OCC)cc(C(C)C)c12. The minimum atomic E-state index is -0.698. The van der Waals surface area contributed by atoms with Gasteiger partial charge >= 0.3 is 12.1 Å². The van der Waals surface area contributed by atoms with Crippen LogP contribution in [0.1, 0.15) is 37.8 Å². The Morgan fingerprint density at radius 3 is 2.59 bits per heavy atom. The normalized spacial score (nSPS) is 10.6. The molecule has 2 aromatic carbocycles. The highest BCUT2D eigenvalue weighted by atomic mass is 19.1. The molecule has 0 N–H and O–H groups in total. The fourth-order valence-corrected chi connectivity index (χ4v) is 2.74. The summed E-state index contributed by atoms with van der Waals surface area (Å²) in [7, 11) is 1.44. The molecule has 0 fully saturated rings. The lowest BCUT2D eigenvalue weighted by Gasteiger charge is -2.18. The predicted molar refractivity (Wildman–Crippen MR) is 101 cm³/mol. The molecule has 0 atom stereocenters. The molecule has 27 heavy (non-hydrogen) atoms. The van der Waals surface area contributed by atoms with Crippen molar-refractivity contribution >= 4 is 22.8 Å². The number of esters is 1. The second kappa shape index (κ2) is 8.54. The summed E-state index contributed by atoms with van der Waals surface area (Å²) >= 11 is 0. The molecule has 0 radical (unpaired) electrons. The second-order valence-electron chi connectivity index (χ2n) is 6.36. The molecular formula is C21H22FNO4. The molecule has 0 aliphatic rings. The van der Waals surface area contributed by atoms with Crippen LogP contribution < -0.4 is 4.74 Å². The van der Waals surface area contributed by atoms with E-state index in [-0.39, 0.29) is 24.6 Å². The van der Waals surface area contributed by atoms with Gasteiger partial charge in [-0.1, -0.05) is 25.8 Å². The van der Waals surface area contributed by atoms with Crippen molar-refractivity contribution in [1.29, 1.82) is 0 Å². The van der Waals surface area contributed by atoms with Crippen molar-refractivity contribution in [2.45, 2.75) is 26.7 Å². The average molecular weight is 371 g/mol. The number of benzene rings is 2. The fraction of sp³-hybridized carbons (Fsp3) is 0.333. The zero-order chi connectivity index (χ0) is 20.1. The van der Waals surface area contributed by atoms with Crippen molar-refractivity contribution < 1.29 is 23.5 Å². The number of ether oxygens (including phenoxy) is 2. The van der Waals surface area contributed by atoms with Crippen LogP contribution in [0.2, 0.25) is 0 Å². The van der Waals surface area contributed by atoms with Crippen molar-refractivity contribution in [3.63, 3.8) is 0 Å². The molecule has 2 aromatic rings. The topological polar surface area (TPSA) is 55.8 Å². The first-order valence-electron chi connectivity index (χ1n) is 8.59. The molecule has 0 aromatic heterocycles. The molecule has 0 spiro atoms. The van der Waals surface area contributed by atoms with Crippen LogP contribution >= 0.6 is 0 Å². The minimum absolute atomic E-state index is 0.0253. The Bertz CT molecular complexity index is 915. The van der Waals surface area contributed by atoms with Gasteiger partial charge in [-0.25, -0.2) is 9.18 Å². The maximum absolute atomic E-state index is 14.1. The largest absolute Gasteiger partial charge is 0.465 e. The lowest BCUT2D eigenvalue weighted by atomic mass is 9.92. The summed E-state index contributed by atoms with van der Waals surface area (Å²) in [6, 6.07) is 6.18. The van der Waals surface area contributed by atoms with E-state index in [9.17, 15) is 14.0 Å². The molecule has 0 aliphatic heterocycles. The Labute approximate surface area is 158 Å². The third kappa shape index (κ3) is 4.56. The number of terminal acetylenes is 1. The molecule has 0 saturated heterocycles. The summed E-state index contributed by atoms with van der Waals surface area (Å²) in [5.41, 5.74) is 0.962. The highest BCUT2D eigenvalue weighted by molar-refractivity contribution is 5.93. The Morgan fingerprint density at radius 2 is 2.00 bits per heavy atom. The summed E-state index contributed by atoms with van der Waals surface area (Å²) in [5.74, 6) is 1.73. The third-order valence-corrected chi connectivity index (χ3v) is 4.03. The summed E-state index contributed by atoms with van der Waals surface area (Å²) in [6.07, 6.45) is 4.79. The molecule has 2 rings (SSSR count). The number of hydrogen-bond acceptors (Lipinski definition) is 4. The monoisotopic (exact) mass is 371 g/mol. The number of rotatable bonds is 5. The van der Waals surface area contributed by atoms with Gasteiger partial charge in [-0.15, -0.1) is 6.42 Å². The zero-order valence-electron chi connectivity index (χ0n) is 15.8. The van der Waals surface area contributed by atoms with E-state index >= 15 is 0 Å². The van der Waals surface area contributed by atoms with E-state index in [1.165, 1.54) is 13.1 Å². The number of amides is 1. The third-order valence-electron chi connectivity index (χ3n) is 4.03. The maximum Gasteiger partial charge on any atom is 0.415 e. The molecule has 0 bridgehead atoms. The van der Waals surface area contributed by atoms with Crippen molar-refractivity contribution in [3.05, 3.63) is 41.2 Å². The summed E-state index contributed by atoms with van der Waals surface area (Å²) < 4.78 is 24.3. The van der Waals surface area contributed by atoms with Crippen molar-refractivity contribution in [1.82, 2.24) is 4.90 Å². The second-order valence-corrected chi connectivity index (χ2v) is 6.36. The molecule has 1 amide bonds. The number of carbonyl (C=O) groups excluding carboxylic acids is 2. The van der Waals surface area contributed by atoms with Gasteiger partial charge in [0.2, 0.25) is 0 Å². The van der Waals surface area contributed by atoms with Gasteiger partial charge in [0.1, 0.15) is 18.1 Å². The Hall–Kier alpha value is -3.07. The molecule has 0 unspecified atom stereocenters. The van der Waals surface area contributed by atoms with Crippen LogP contribution in [0.3, 0.4) is 0 Å². The van der Waals surface area contributed by atoms with Crippen LogP contribution in [0, 0.1) is 18.2 Å². The van der Waals surface area contributed by atoms with Crippen LogP contribution in [0.15, 0.2) is 24.3 Å². The maximum atomic E-state index is 14.1. The van der Waals surface area contributed by atoms with Gasteiger partial charge < -0.3 is 9.47 Å². The quantitative estimate of drug-likeness (QED) is 0.587. The Morgan fingerprint density at radius 1 is 1.30 bits per heavy atom. The average Bonchev–Trinajstić information content (AvgIpc) is 2.61. The number of fused-ring (bicyclic) bond motifs is 1. The number of nitrogens with zero attached hydrogens (tertiary/aromatic N) is 1. The van der Waals surface area contributed by atoms with Crippen molar-refractivity contribution in [2.24, 2.45) is 0 Å². The number of hydrogen-bond donors (Lipinski definition) is 0. The van der Waals surface area contributed by atoms with Gasteiger partial charge in [-0.3, -0.25) is 9.69 Å². The first-order chi connectivity index (χ1) is 12.8. The van der Waals surface area contributed by atoms with E-state index in [1.807, 2.05) is 13.8 Å². The van der Waals surface area contributed by atoms with Crippen LogP contribution in [0.25, 0.3) is 10.8 Å². The van der Waals surface area contributed by atoms with Crippen molar-refractivity contribution in [2.75, 3.05) is 20.2 Å². The molecule has 0 saturated carbocycles. The Kier molecular flexibility index (Phi) is 6.40. The molecule has 5 nitrogen and oxygen atoms in total. The van der Waals surface area contributed by atoms with Gasteiger partial charge in [0, 0.05) is 12.4 Å². The van der Waals surface area contributed by atoms with Gasteiger partial charge in [0.15, 0.2) is 0 Å². The van der Waals surface area contributed by atoms with Crippen LogP contribution in [-0.2, 0) is 9.53 Å². The summed E-state index contributed by atoms with van der Waals surface area (Å²) in [5, 5.41) is 1.30. The summed E-state index contributed by atoms with van der Waals surface area (Å²) in [6.45, 7) is 5.59. The molecule has 0 heterocycles. The van der Waals surface area contributed by atoms with Crippen LogP contribution in [-0.4, -0.2) is 37.2 Å². The fourth-order valence-electron chi connectivity index (χ4n) is 2.74. The first kappa shape index (κ1) is 20.2. The highest BCUT2D eigenvalue weighted by Crippen LogP contribution is 2.33. The van der Waals surface area contributed by atoms with E-state index in [1.54, 1.807) is 25.1 Å². The van der Waals surface area contributed by atoms with E-state index in [0.717, 1.165) is 10.5 Å². The molecular weight excluding hydrogens is 349 g/mol. The Balaban J connectivity index is 2.38. The van der Waals surface area contributed by atoms with E-state index in [2.05, 4.69) is 5.92 Å². The number of carbonyl (C=O) groups is 2. The smallest absolute Gasteiger partial charge is 0.415 e. The predicted octanol–water partition coefficient (Wildman–Crippen LogP) is 4.08. The highest BCUT2D eigenvalue weighted by Gasteiger charge is 2.19. The lowest BCUT2D eigenvalue weighted by molar-refractivity contribution is -0.143.